The fourth-order valence-corrected chi connectivity index (χ4v) is 2.13. The first-order chi connectivity index (χ1) is 9.19. The zero-order valence-corrected chi connectivity index (χ0v) is 12.0. The van der Waals surface area contributed by atoms with Crippen LogP contribution in [0.1, 0.15) is 38.8 Å². The highest BCUT2D eigenvalue weighted by molar-refractivity contribution is 5.40. The van der Waals surface area contributed by atoms with Gasteiger partial charge in [-0.1, -0.05) is 37.3 Å². The molecular formula is C16H23N3. The minimum atomic E-state index is 0.407. The average Bonchev–Trinajstić information content (AvgIpc) is 2.88. The van der Waals surface area contributed by atoms with E-state index >= 15 is 0 Å². The van der Waals surface area contributed by atoms with Gasteiger partial charge in [0.15, 0.2) is 0 Å². The maximum Gasteiger partial charge on any atom is 0.0728 e. The first-order valence-electron chi connectivity index (χ1n) is 7.03. The Bertz CT molecular complexity index is 488. The van der Waals surface area contributed by atoms with E-state index in [2.05, 4.69) is 67.7 Å². The van der Waals surface area contributed by atoms with Crippen molar-refractivity contribution in [2.24, 2.45) is 0 Å². The SMILES string of the molecule is CCC(Cc1ccccc1)Nc1cnn(C(C)C)c1. The molecule has 0 aliphatic carbocycles. The zero-order chi connectivity index (χ0) is 13.7. The molecule has 1 N–H and O–H groups in total. The molecule has 2 rings (SSSR count). The van der Waals surface area contributed by atoms with Crippen LogP contribution in [-0.4, -0.2) is 15.8 Å². The van der Waals surface area contributed by atoms with Gasteiger partial charge in [0.05, 0.1) is 11.9 Å². The summed E-state index contributed by atoms with van der Waals surface area (Å²) in [5, 5.41) is 7.93. The van der Waals surface area contributed by atoms with E-state index in [0.29, 0.717) is 12.1 Å². The highest BCUT2D eigenvalue weighted by Gasteiger charge is 2.09. The van der Waals surface area contributed by atoms with Crippen LogP contribution in [0.3, 0.4) is 0 Å². The number of nitrogens with zero attached hydrogens (tertiary/aromatic N) is 2. The van der Waals surface area contributed by atoms with E-state index in [1.54, 1.807) is 0 Å². The third-order valence-electron chi connectivity index (χ3n) is 3.32. The highest BCUT2D eigenvalue weighted by Crippen LogP contribution is 2.14. The number of rotatable bonds is 6. The summed E-state index contributed by atoms with van der Waals surface area (Å²) in [5.41, 5.74) is 2.48. The molecule has 0 amide bonds. The number of nitrogens with one attached hydrogen (secondary N) is 1. The number of anilines is 1. The van der Waals surface area contributed by atoms with Crippen LogP contribution in [0, 0.1) is 0 Å². The molecule has 1 atom stereocenters. The van der Waals surface area contributed by atoms with Crippen LogP contribution < -0.4 is 5.32 Å². The van der Waals surface area contributed by atoms with Crippen LogP contribution in [0.4, 0.5) is 5.69 Å². The van der Waals surface area contributed by atoms with Gasteiger partial charge in [-0.05, 0) is 32.3 Å². The van der Waals surface area contributed by atoms with E-state index in [-0.39, 0.29) is 0 Å². The Morgan fingerprint density at radius 2 is 1.95 bits per heavy atom. The van der Waals surface area contributed by atoms with Gasteiger partial charge in [0, 0.05) is 18.3 Å². The second-order valence-corrected chi connectivity index (χ2v) is 5.24. The second kappa shape index (κ2) is 6.41. The fraction of sp³-hybridized carbons (Fsp3) is 0.438. The lowest BCUT2D eigenvalue weighted by Crippen LogP contribution is -2.21. The summed E-state index contributed by atoms with van der Waals surface area (Å²) >= 11 is 0. The number of benzene rings is 1. The molecule has 3 heteroatoms. The van der Waals surface area contributed by atoms with Gasteiger partial charge in [-0.3, -0.25) is 4.68 Å². The van der Waals surface area contributed by atoms with Crippen molar-refractivity contribution >= 4 is 5.69 Å². The molecule has 0 saturated heterocycles. The van der Waals surface area contributed by atoms with Gasteiger partial charge < -0.3 is 5.32 Å². The van der Waals surface area contributed by atoms with Gasteiger partial charge in [0.2, 0.25) is 0 Å². The van der Waals surface area contributed by atoms with Crippen LogP contribution in [0.5, 0.6) is 0 Å². The van der Waals surface area contributed by atoms with E-state index in [1.165, 1.54) is 5.56 Å². The Labute approximate surface area is 115 Å². The van der Waals surface area contributed by atoms with Gasteiger partial charge in [0.25, 0.3) is 0 Å². The molecular weight excluding hydrogens is 234 g/mol. The molecule has 0 aliphatic rings. The normalized spacial score (nSPS) is 12.6. The summed E-state index contributed by atoms with van der Waals surface area (Å²) in [6.07, 6.45) is 6.14. The summed E-state index contributed by atoms with van der Waals surface area (Å²) in [4.78, 5) is 0. The average molecular weight is 257 g/mol. The van der Waals surface area contributed by atoms with E-state index in [0.717, 1.165) is 18.5 Å². The van der Waals surface area contributed by atoms with Gasteiger partial charge in [-0.15, -0.1) is 0 Å². The second-order valence-electron chi connectivity index (χ2n) is 5.24. The molecule has 19 heavy (non-hydrogen) atoms. The van der Waals surface area contributed by atoms with Crippen LogP contribution in [0.2, 0.25) is 0 Å². The van der Waals surface area contributed by atoms with E-state index in [9.17, 15) is 0 Å². The predicted molar refractivity (Wildman–Crippen MR) is 80.5 cm³/mol. The van der Waals surface area contributed by atoms with Crippen LogP contribution in [-0.2, 0) is 6.42 Å². The van der Waals surface area contributed by atoms with Crippen molar-refractivity contribution in [3.05, 3.63) is 48.3 Å². The summed E-state index contributed by atoms with van der Waals surface area (Å²) in [7, 11) is 0. The lowest BCUT2D eigenvalue weighted by molar-refractivity contribution is 0.532. The first kappa shape index (κ1) is 13.7. The smallest absolute Gasteiger partial charge is 0.0728 e. The predicted octanol–water partition coefficient (Wildman–Crippen LogP) is 3.90. The quantitative estimate of drug-likeness (QED) is 0.850. The minimum absolute atomic E-state index is 0.407. The lowest BCUT2D eigenvalue weighted by atomic mass is 10.0. The summed E-state index contributed by atoms with van der Waals surface area (Å²) < 4.78 is 1.98. The van der Waals surface area contributed by atoms with E-state index in [1.807, 2.05) is 10.9 Å². The third-order valence-corrected chi connectivity index (χ3v) is 3.32. The Morgan fingerprint density at radius 1 is 1.21 bits per heavy atom. The van der Waals surface area contributed by atoms with Crippen LogP contribution in [0.25, 0.3) is 0 Å². The van der Waals surface area contributed by atoms with Crippen LogP contribution >= 0.6 is 0 Å². The molecule has 1 unspecified atom stereocenters. The van der Waals surface area contributed by atoms with Gasteiger partial charge in [-0.25, -0.2) is 0 Å². The van der Waals surface area contributed by atoms with Crippen LogP contribution in [0.15, 0.2) is 42.7 Å². The molecule has 1 aromatic carbocycles. The molecule has 1 heterocycles. The Balaban J connectivity index is 1.98. The molecule has 1 aromatic heterocycles. The van der Waals surface area contributed by atoms with Crippen molar-refractivity contribution < 1.29 is 0 Å². The van der Waals surface area contributed by atoms with Crippen molar-refractivity contribution in [1.82, 2.24) is 9.78 Å². The van der Waals surface area contributed by atoms with Gasteiger partial charge >= 0.3 is 0 Å². The molecule has 3 nitrogen and oxygen atoms in total. The largest absolute Gasteiger partial charge is 0.379 e. The van der Waals surface area contributed by atoms with Crippen molar-refractivity contribution in [3.8, 4) is 0 Å². The molecule has 0 spiro atoms. The van der Waals surface area contributed by atoms with Crippen molar-refractivity contribution in [2.45, 2.75) is 45.7 Å². The molecule has 102 valence electrons. The fourth-order valence-electron chi connectivity index (χ4n) is 2.13. The number of aromatic nitrogens is 2. The Kier molecular flexibility index (Phi) is 4.61. The third kappa shape index (κ3) is 3.85. The molecule has 0 saturated carbocycles. The number of hydrogen-bond donors (Lipinski definition) is 1. The molecule has 0 fully saturated rings. The molecule has 2 aromatic rings. The zero-order valence-electron chi connectivity index (χ0n) is 12.0. The lowest BCUT2D eigenvalue weighted by Gasteiger charge is -2.17. The Morgan fingerprint density at radius 3 is 2.53 bits per heavy atom. The molecule has 0 radical (unpaired) electrons. The molecule has 0 aliphatic heterocycles. The van der Waals surface area contributed by atoms with Crippen molar-refractivity contribution in [1.29, 1.82) is 0 Å². The van der Waals surface area contributed by atoms with Crippen molar-refractivity contribution in [2.75, 3.05) is 5.32 Å². The van der Waals surface area contributed by atoms with Gasteiger partial charge in [0.1, 0.15) is 0 Å². The maximum atomic E-state index is 4.36. The maximum absolute atomic E-state index is 4.36. The topological polar surface area (TPSA) is 29.9 Å². The molecule has 0 bridgehead atoms. The summed E-state index contributed by atoms with van der Waals surface area (Å²) in [5.74, 6) is 0. The minimum Gasteiger partial charge on any atom is -0.379 e. The standard InChI is InChI=1S/C16H23N3/c1-4-15(10-14-8-6-5-7-9-14)18-16-11-17-19(12-16)13(2)3/h5-9,11-13,15,18H,4,10H2,1-3H3. The Hall–Kier alpha value is -1.77. The van der Waals surface area contributed by atoms with E-state index in [4.69, 9.17) is 0 Å². The van der Waals surface area contributed by atoms with Gasteiger partial charge in [-0.2, -0.15) is 5.10 Å². The van der Waals surface area contributed by atoms with Crippen molar-refractivity contribution in [3.63, 3.8) is 0 Å². The highest BCUT2D eigenvalue weighted by atomic mass is 15.3. The monoisotopic (exact) mass is 257 g/mol. The number of hydrogen-bond acceptors (Lipinski definition) is 2. The summed E-state index contributed by atoms with van der Waals surface area (Å²) in [6, 6.07) is 11.5. The van der Waals surface area contributed by atoms with E-state index < -0.39 is 0 Å². The first-order valence-corrected chi connectivity index (χ1v) is 7.03. The summed E-state index contributed by atoms with van der Waals surface area (Å²) in [6.45, 7) is 6.49.